The van der Waals surface area contributed by atoms with Crippen LogP contribution < -0.4 is 14.9 Å². The molecule has 0 bridgehead atoms. The van der Waals surface area contributed by atoms with E-state index in [1.807, 2.05) is 18.2 Å². The van der Waals surface area contributed by atoms with Crippen molar-refractivity contribution in [3.05, 3.63) is 58.3 Å². The van der Waals surface area contributed by atoms with Gasteiger partial charge < -0.3 is 14.6 Å². The predicted molar refractivity (Wildman–Crippen MR) is 192 cm³/mol. The van der Waals surface area contributed by atoms with Crippen molar-refractivity contribution >= 4 is 11.9 Å². The van der Waals surface area contributed by atoms with E-state index in [2.05, 4.69) is 18.8 Å². The number of rotatable bonds is 28. The van der Waals surface area contributed by atoms with Gasteiger partial charge in [0.05, 0.1) is 18.9 Å². The lowest BCUT2D eigenvalue weighted by molar-refractivity contribution is 0.258. The summed E-state index contributed by atoms with van der Waals surface area (Å²) < 4.78 is 12.5. The van der Waals surface area contributed by atoms with Crippen LogP contribution in [-0.4, -0.2) is 24.5 Å². The van der Waals surface area contributed by atoms with Gasteiger partial charge >= 0.3 is 0 Å². The minimum absolute atomic E-state index is 0.283. The smallest absolute Gasteiger partial charge is 0.220 e. The highest BCUT2D eigenvalue weighted by atomic mass is 16.5. The summed E-state index contributed by atoms with van der Waals surface area (Å²) in [4.78, 5) is 16.2. The second-order valence-corrected chi connectivity index (χ2v) is 12.6. The molecule has 2 rings (SSSR count). The van der Waals surface area contributed by atoms with Crippen molar-refractivity contribution in [1.82, 2.24) is 0 Å². The first-order valence-electron chi connectivity index (χ1n) is 18.4. The molecule has 0 aromatic heterocycles. The normalized spacial score (nSPS) is 11.3. The molecule has 0 aliphatic carbocycles. The number of unbranched alkanes of at least 4 members (excludes halogenated alkanes) is 20. The van der Waals surface area contributed by atoms with E-state index >= 15 is 0 Å². The zero-order chi connectivity index (χ0) is 32.2. The Balaban J connectivity index is 1.79. The molecule has 0 spiro atoms. The zero-order valence-corrected chi connectivity index (χ0v) is 28.7. The van der Waals surface area contributed by atoms with Gasteiger partial charge in [0.1, 0.15) is 0 Å². The van der Waals surface area contributed by atoms with Crippen molar-refractivity contribution in [2.24, 2.45) is 4.99 Å². The lowest BCUT2D eigenvalue weighted by atomic mass is 10.1. The molecule has 5 nitrogen and oxygen atoms in total. The summed E-state index contributed by atoms with van der Waals surface area (Å²) in [7, 11) is 0. The Morgan fingerprint density at radius 2 is 1.00 bits per heavy atom. The highest BCUT2D eigenvalue weighted by molar-refractivity contribution is 5.83. The van der Waals surface area contributed by atoms with E-state index in [1.165, 1.54) is 141 Å². The van der Waals surface area contributed by atoms with Gasteiger partial charge in [-0.05, 0) is 60.9 Å². The summed E-state index contributed by atoms with van der Waals surface area (Å²) in [6, 6.07) is 11.9. The van der Waals surface area contributed by atoms with Crippen LogP contribution in [0, 0.1) is 0 Å². The second kappa shape index (κ2) is 26.4. The third-order valence-electron chi connectivity index (χ3n) is 8.41. The summed E-state index contributed by atoms with van der Waals surface area (Å²) in [5.74, 6) is 1.26. The van der Waals surface area contributed by atoms with Gasteiger partial charge in [-0.15, -0.1) is 0 Å². The zero-order valence-electron chi connectivity index (χ0n) is 28.7. The summed E-state index contributed by atoms with van der Waals surface area (Å²) in [6.07, 6.45) is 30.6. The summed E-state index contributed by atoms with van der Waals surface area (Å²) >= 11 is 0. The van der Waals surface area contributed by atoms with Crippen LogP contribution >= 0.6 is 0 Å². The van der Waals surface area contributed by atoms with Crippen LogP contribution in [0.5, 0.6) is 17.2 Å². The fraction of sp³-hybridized carbons (Fsp3) is 0.650. The molecule has 2 aromatic rings. The molecule has 252 valence electrons. The average molecular weight is 622 g/mol. The van der Waals surface area contributed by atoms with Gasteiger partial charge in [0, 0.05) is 6.21 Å². The Kier molecular flexibility index (Phi) is 22.5. The van der Waals surface area contributed by atoms with E-state index in [1.54, 1.807) is 18.3 Å². The van der Waals surface area contributed by atoms with Gasteiger partial charge in [-0.2, -0.15) is 0 Å². The van der Waals surface area contributed by atoms with E-state index in [0.29, 0.717) is 18.9 Å². The van der Waals surface area contributed by atoms with Gasteiger partial charge in [0.25, 0.3) is 0 Å². The van der Waals surface area contributed by atoms with Crippen molar-refractivity contribution in [1.29, 1.82) is 0 Å². The molecule has 0 aliphatic rings. The maximum atomic E-state index is 11.7. The molecule has 0 aliphatic heterocycles. The molecule has 5 heteroatoms. The fourth-order valence-electron chi connectivity index (χ4n) is 5.52. The minimum atomic E-state index is -0.422. The number of aromatic hydroxyl groups is 1. The van der Waals surface area contributed by atoms with Crippen molar-refractivity contribution in [2.45, 2.75) is 155 Å². The van der Waals surface area contributed by atoms with Gasteiger partial charge in [-0.3, -0.25) is 9.79 Å². The lowest BCUT2D eigenvalue weighted by Crippen LogP contribution is -2.03. The van der Waals surface area contributed by atoms with Crippen molar-refractivity contribution in [3.8, 4) is 17.2 Å². The van der Waals surface area contributed by atoms with Crippen LogP contribution in [0.3, 0.4) is 0 Å². The molecule has 0 atom stereocenters. The first kappa shape index (κ1) is 38.4. The van der Waals surface area contributed by atoms with Crippen molar-refractivity contribution in [2.75, 3.05) is 13.2 Å². The molecular formula is C40H63NO4. The minimum Gasteiger partial charge on any atom is -0.504 e. The van der Waals surface area contributed by atoms with Crippen LogP contribution in [0.4, 0.5) is 5.69 Å². The van der Waals surface area contributed by atoms with E-state index in [9.17, 15) is 9.90 Å². The molecule has 0 amide bonds. The van der Waals surface area contributed by atoms with Gasteiger partial charge in [-0.25, -0.2) is 0 Å². The molecular weight excluding hydrogens is 558 g/mol. The Hall–Kier alpha value is -2.82. The Morgan fingerprint density at radius 1 is 0.556 bits per heavy atom. The van der Waals surface area contributed by atoms with Gasteiger partial charge in [0.15, 0.2) is 17.2 Å². The van der Waals surface area contributed by atoms with E-state index < -0.39 is 5.43 Å². The molecule has 0 heterocycles. The predicted octanol–water partition coefficient (Wildman–Crippen LogP) is 11.9. The van der Waals surface area contributed by atoms with Crippen molar-refractivity contribution < 1.29 is 14.6 Å². The average Bonchev–Trinajstić information content (AvgIpc) is 3.21. The number of hydrogen-bond donors (Lipinski definition) is 1. The standard InChI is InChI=1S/C40H63NO4/c1-3-5-7-9-11-13-15-17-19-21-23-31-44-39-30-25-35(34-41-36-26-28-37(42)38(43)29-27-36)33-40(39)45-32-24-22-20-18-16-14-12-10-8-6-4-2/h25-30,33-34H,3-24,31-32H2,1-2H3,(H,42,43). The Labute approximate surface area is 274 Å². The summed E-state index contributed by atoms with van der Waals surface area (Å²) in [5, 5.41) is 9.66. The lowest BCUT2D eigenvalue weighted by Gasteiger charge is -2.14. The van der Waals surface area contributed by atoms with E-state index in [-0.39, 0.29) is 5.75 Å². The maximum absolute atomic E-state index is 11.7. The quantitative estimate of drug-likeness (QED) is 0.0758. The molecule has 1 N–H and O–H groups in total. The molecule has 0 unspecified atom stereocenters. The fourth-order valence-corrected chi connectivity index (χ4v) is 5.52. The second-order valence-electron chi connectivity index (χ2n) is 12.6. The van der Waals surface area contributed by atoms with Gasteiger partial charge in [-0.1, -0.05) is 142 Å². The number of nitrogens with zero attached hydrogens (tertiary/aromatic N) is 1. The largest absolute Gasteiger partial charge is 0.504 e. The summed E-state index contributed by atoms with van der Waals surface area (Å²) in [5.41, 5.74) is 1.06. The van der Waals surface area contributed by atoms with E-state index in [0.717, 1.165) is 29.9 Å². The first-order chi connectivity index (χ1) is 22.1. The van der Waals surface area contributed by atoms with Crippen LogP contribution in [-0.2, 0) is 0 Å². The first-order valence-corrected chi connectivity index (χ1v) is 18.4. The topological polar surface area (TPSA) is 68.1 Å². The third-order valence-corrected chi connectivity index (χ3v) is 8.41. The van der Waals surface area contributed by atoms with Crippen LogP contribution in [0.15, 0.2) is 52.3 Å². The molecule has 0 radical (unpaired) electrons. The van der Waals surface area contributed by atoms with Crippen LogP contribution in [0.2, 0.25) is 0 Å². The number of aliphatic imine (C=N–C) groups is 1. The molecule has 0 saturated heterocycles. The third kappa shape index (κ3) is 19.3. The number of benzene rings is 1. The van der Waals surface area contributed by atoms with Gasteiger partial charge in [0.2, 0.25) is 5.43 Å². The van der Waals surface area contributed by atoms with E-state index in [4.69, 9.17) is 9.47 Å². The number of ether oxygens (including phenoxy) is 2. The maximum Gasteiger partial charge on any atom is 0.220 e. The monoisotopic (exact) mass is 621 g/mol. The molecule has 45 heavy (non-hydrogen) atoms. The molecule has 2 aromatic carbocycles. The highest BCUT2D eigenvalue weighted by Crippen LogP contribution is 2.29. The van der Waals surface area contributed by atoms with Crippen LogP contribution in [0.25, 0.3) is 0 Å². The van der Waals surface area contributed by atoms with Crippen LogP contribution in [0.1, 0.15) is 161 Å². The molecule has 0 saturated carbocycles. The Bertz CT molecular complexity index is 1100. The highest BCUT2D eigenvalue weighted by Gasteiger charge is 2.07. The summed E-state index contributed by atoms with van der Waals surface area (Å²) in [6.45, 7) is 5.91. The van der Waals surface area contributed by atoms with Crippen molar-refractivity contribution in [3.63, 3.8) is 0 Å². The number of hydrogen-bond acceptors (Lipinski definition) is 5. The SMILES string of the molecule is CCCCCCCCCCCCCOc1ccc(C=Nc2ccc(O)c(=O)cc2)cc1OCCCCCCCCCCCCC. The molecule has 0 fully saturated rings. The Morgan fingerprint density at radius 3 is 1.51 bits per heavy atom.